The molecule has 280 valence electrons. The van der Waals surface area contributed by atoms with Crippen molar-refractivity contribution in [3.63, 3.8) is 0 Å². The summed E-state index contributed by atoms with van der Waals surface area (Å²) in [6.07, 6.45) is 2.76. The van der Waals surface area contributed by atoms with Gasteiger partial charge in [-0.3, -0.25) is 38.4 Å². The second kappa shape index (κ2) is 28.0. The van der Waals surface area contributed by atoms with Gasteiger partial charge < -0.3 is 54.2 Å². The van der Waals surface area contributed by atoms with Crippen LogP contribution in [0.1, 0.15) is 38.5 Å². The summed E-state index contributed by atoms with van der Waals surface area (Å²) in [5.74, 6) is -5.21. The molecule has 0 aromatic heterocycles. The van der Waals surface area contributed by atoms with Crippen molar-refractivity contribution in [3.05, 3.63) is 0 Å². The van der Waals surface area contributed by atoms with E-state index >= 15 is 0 Å². The molecular formula is C26H48N10O9S4. The summed E-state index contributed by atoms with van der Waals surface area (Å²) in [5, 5.41) is 22.7. The fraction of sp³-hybridized carbons (Fsp3) is 0.692. The van der Waals surface area contributed by atoms with Gasteiger partial charge in [-0.25, -0.2) is 4.72 Å². The minimum Gasteiger partial charge on any atom is -0.480 e. The van der Waals surface area contributed by atoms with Crippen LogP contribution in [-0.2, 0) is 38.4 Å². The van der Waals surface area contributed by atoms with E-state index in [9.17, 15) is 38.4 Å². The van der Waals surface area contributed by atoms with Gasteiger partial charge in [-0.05, 0) is 73.4 Å². The van der Waals surface area contributed by atoms with Gasteiger partial charge in [-0.1, -0.05) is 0 Å². The van der Waals surface area contributed by atoms with Gasteiger partial charge in [0.2, 0.25) is 40.6 Å². The fourth-order valence-corrected chi connectivity index (χ4v) is 6.21. The molecule has 14 N–H and O–H groups in total. The maximum absolute atomic E-state index is 12.7. The van der Waals surface area contributed by atoms with E-state index in [-0.39, 0.29) is 24.5 Å². The van der Waals surface area contributed by atoms with Crippen LogP contribution in [0.4, 0.5) is 0 Å². The van der Waals surface area contributed by atoms with Gasteiger partial charge in [0.1, 0.15) is 30.7 Å². The zero-order valence-corrected chi connectivity index (χ0v) is 30.3. The number of carbonyl (C=O) groups excluding carboxylic acids is 7. The molecule has 49 heavy (non-hydrogen) atoms. The minimum absolute atomic E-state index is 0.0279. The van der Waals surface area contributed by atoms with Crippen LogP contribution in [-0.4, -0.2) is 127 Å². The lowest BCUT2D eigenvalue weighted by Gasteiger charge is -2.20. The van der Waals surface area contributed by atoms with Gasteiger partial charge in [0.25, 0.3) is 0 Å². The molecular weight excluding hydrogens is 725 g/mol. The number of rotatable bonds is 27. The van der Waals surface area contributed by atoms with Crippen molar-refractivity contribution in [2.24, 2.45) is 17.2 Å². The SMILES string of the molecule is NCCCC[C@H](NC(=O)CN)C(=O)NCC(=O)N[C@@H](CS)C(=O)SSN[C@@H](CS)C(=O)NCC(=O)N[C@@H](CCCCN)C(=O)NCC(=O)O. The summed E-state index contributed by atoms with van der Waals surface area (Å²) in [6, 6.07) is -3.96. The highest BCUT2D eigenvalue weighted by molar-refractivity contribution is 8.81. The number of carbonyl (C=O) groups is 8. The van der Waals surface area contributed by atoms with Gasteiger partial charge in [0.15, 0.2) is 0 Å². The third-order valence-electron chi connectivity index (χ3n) is 6.26. The fourth-order valence-electron chi connectivity index (χ4n) is 3.67. The van der Waals surface area contributed by atoms with E-state index in [4.69, 9.17) is 22.3 Å². The summed E-state index contributed by atoms with van der Waals surface area (Å²) in [4.78, 5) is 97.5. The number of aliphatic carboxylic acids is 1. The molecule has 0 aliphatic rings. The molecule has 0 bridgehead atoms. The van der Waals surface area contributed by atoms with Crippen molar-refractivity contribution >= 4 is 93.6 Å². The van der Waals surface area contributed by atoms with Gasteiger partial charge in [-0.15, -0.1) is 0 Å². The van der Waals surface area contributed by atoms with E-state index in [0.29, 0.717) is 56.0 Å². The van der Waals surface area contributed by atoms with Crippen LogP contribution in [0.5, 0.6) is 0 Å². The Morgan fingerprint density at radius 2 is 1.02 bits per heavy atom. The summed E-state index contributed by atoms with van der Waals surface area (Å²) in [7, 11) is 1.45. The summed E-state index contributed by atoms with van der Waals surface area (Å²) in [5.41, 5.74) is 16.2. The van der Waals surface area contributed by atoms with E-state index in [0.717, 1.165) is 11.0 Å². The third kappa shape index (κ3) is 21.8. The Kier molecular flexibility index (Phi) is 26.4. The van der Waals surface area contributed by atoms with Crippen molar-refractivity contribution in [1.29, 1.82) is 0 Å². The molecule has 0 unspecified atom stereocenters. The summed E-state index contributed by atoms with van der Waals surface area (Å²) >= 11 is 8.22. The Morgan fingerprint density at radius 1 is 0.592 bits per heavy atom. The van der Waals surface area contributed by atoms with Crippen LogP contribution >= 0.6 is 47.0 Å². The van der Waals surface area contributed by atoms with Crippen molar-refractivity contribution < 1.29 is 43.5 Å². The smallest absolute Gasteiger partial charge is 0.322 e. The van der Waals surface area contributed by atoms with Crippen LogP contribution in [0, 0.1) is 0 Å². The average molecular weight is 773 g/mol. The van der Waals surface area contributed by atoms with E-state index in [1.165, 1.54) is 0 Å². The first kappa shape index (κ1) is 46.2. The monoisotopic (exact) mass is 772 g/mol. The van der Waals surface area contributed by atoms with Crippen LogP contribution in [0.2, 0.25) is 0 Å². The number of hydrogen-bond donors (Lipinski definition) is 13. The van der Waals surface area contributed by atoms with Crippen LogP contribution < -0.4 is 53.8 Å². The zero-order valence-electron chi connectivity index (χ0n) is 26.9. The first-order chi connectivity index (χ1) is 23.3. The first-order valence-electron chi connectivity index (χ1n) is 15.2. The Bertz CT molecular complexity index is 1110. The highest BCUT2D eigenvalue weighted by Gasteiger charge is 2.25. The molecule has 0 spiro atoms. The number of nitrogens with one attached hydrogen (secondary N) is 7. The predicted molar refractivity (Wildman–Crippen MR) is 192 cm³/mol. The standard InChI is InChI=1S/C26H48N10O9S4/c27-7-3-1-5-15(33-19(37)9-29)23(42)30-11-21(39)35-18(14-47)26(45)48-49-36-17(13-46)25(44)31-10-20(38)34-16(6-2-4-8-28)24(43)32-12-22(40)41/h15-18,36,46-47H,1-14,27-29H2,(H,30,42)(H,31,44)(H,32,43)(H,33,37)(H,34,38)(H,35,39)(H,40,41)/t15-,16-,17-,18-/m0/s1. The van der Waals surface area contributed by atoms with Gasteiger partial charge in [-0.2, -0.15) is 25.3 Å². The van der Waals surface area contributed by atoms with E-state index in [2.05, 4.69) is 61.9 Å². The number of thiol groups is 2. The van der Waals surface area contributed by atoms with Gasteiger partial charge >= 0.3 is 5.97 Å². The molecule has 0 aliphatic carbocycles. The molecule has 0 aromatic carbocycles. The Morgan fingerprint density at radius 3 is 1.45 bits per heavy atom. The second-order valence-corrected chi connectivity index (χ2v) is 12.9. The molecule has 23 heteroatoms. The maximum Gasteiger partial charge on any atom is 0.322 e. The van der Waals surface area contributed by atoms with Gasteiger partial charge in [0.05, 0.1) is 19.6 Å². The number of hydrogen-bond acceptors (Lipinski definition) is 16. The third-order valence-corrected chi connectivity index (χ3v) is 8.93. The molecule has 0 aliphatic heterocycles. The molecule has 0 radical (unpaired) electrons. The largest absolute Gasteiger partial charge is 0.480 e. The number of unbranched alkanes of at least 4 members (excludes halogenated alkanes) is 2. The Balaban J connectivity index is 4.84. The van der Waals surface area contributed by atoms with E-state index in [1.54, 1.807) is 0 Å². The lowest BCUT2D eigenvalue weighted by atomic mass is 10.1. The normalized spacial score (nSPS) is 13.2. The van der Waals surface area contributed by atoms with E-state index < -0.39 is 90.3 Å². The van der Waals surface area contributed by atoms with Crippen LogP contribution in [0.25, 0.3) is 0 Å². The topological polar surface area (TPSA) is 319 Å². The highest BCUT2D eigenvalue weighted by atomic mass is 33.1. The molecule has 0 rings (SSSR count). The lowest BCUT2D eigenvalue weighted by molar-refractivity contribution is -0.138. The number of carboxylic acids is 1. The predicted octanol–water partition coefficient (Wildman–Crippen LogP) is -4.27. The Hall–Kier alpha value is -2.80. The highest BCUT2D eigenvalue weighted by Crippen LogP contribution is 2.21. The lowest BCUT2D eigenvalue weighted by Crippen LogP contribution is -2.52. The summed E-state index contributed by atoms with van der Waals surface area (Å²) < 4.78 is 2.73. The second-order valence-electron chi connectivity index (χ2n) is 10.2. The van der Waals surface area contributed by atoms with Crippen LogP contribution in [0.15, 0.2) is 0 Å². The zero-order chi connectivity index (χ0) is 37.2. The number of nitrogens with two attached hydrogens (primary N) is 3. The minimum atomic E-state index is -1.25. The molecule has 6 amide bonds. The molecule has 0 fully saturated rings. The van der Waals surface area contributed by atoms with Crippen molar-refractivity contribution in [3.8, 4) is 0 Å². The molecule has 0 heterocycles. The number of amides is 6. The van der Waals surface area contributed by atoms with Gasteiger partial charge in [0, 0.05) is 11.5 Å². The summed E-state index contributed by atoms with van der Waals surface area (Å²) in [6.45, 7) is -1.14. The molecule has 0 saturated heterocycles. The first-order valence-corrected chi connectivity index (χ1v) is 18.6. The van der Waals surface area contributed by atoms with Crippen LogP contribution in [0.3, 0.4) is 0 Å². The Labute approximate surface area is 303 Å². The van der Waals surface area contributed by atoms with E-state index in [1.807, 2.05) is 0 Å². The maximum atomic E-state index is 12.7. The number of carboxylic acid groups (broad SMARTS) is 1. The molecule has 0 aromatic rings. The molecule has 4 atom stereocenters. The quantitative estimate of drug-likeness (QED) is 0.0163. The van der Waals surface area contributed by atoms with Crippen molar-refractivity contribution in [2.45, 2.75) is 62.7 Å². The molecule has 0 saturated carbocycles. The average Bonchev–Trinajstić information content (AvgIpc) is 3.08. The van der Waals surface area contributed by atoms with Crippen molar-refractivity contribution in [1.82, 2.24) is 36.6 Å². The van der Waals surface area contributed by atoms with Crippen molar-refractivity contribution in [2.75, 3.05) is 50.8 Å². The molecule has 19 nitrogen and oxygen atoms in total.